The van der Waals surface area contributed by atoms with Crippen molar-refractivity contribution in [1.29, 1.82) is 0 Å². The number of methoxy groups -OCH3 is 1. The average Bonchev–Trinajstić information content (AvgIpc) is 3.41. The zero-order valence-electron chi connectivity index (χ0n) is 18.3. The molecule has 5 nitrogen and oxygen atoms in total. The minimum Gasteiger partial charge on any atom is -0.497 e. The number of aryl methyl sites for hydroxylation is 1. The van der Waals surface area contributed by atoms with Gasteiger partial charge in [0.2, 0.25) is 0 Å². The van der Waals surface area contributed by atoms with Gasteiger partial charge in [-0.15, -0.1) is 0 Å². The molecule has 1 N–H and O–H groups in total. The van der Waals surface area contributed by atoms with Crippen LogP contribution in [0, 0.1) is 6.92 Å². The number of nitrogens with one attached hydrogen (secondary N) is 1. The molecule has 1 atom stereocenters. The molecule has 5 rings (SSSR count). The molecule has 0 aliphatic carbocycles. The van der Waals surface area contributed by atoms with E-state index < -0.39 is 0 Å². The van der Waals surface area contributed by atoms with Crippen LogP contribution in [0.5, 0.6) is 5.75 Å². The van der Waals surface area contributed by atoms with Gasteiger partial charge >= 0.3 is 0 Å². The number of aromatic amines is 1. The molecule has 1 aliphatic heterocycles. The zero-order valence-corrected chi connectivity index (χ0v) is 18.3. The Hall–Kier alpha value is -3.86. The van der Waals surface area contributed by atoms with Gasteiger partial charge in [-0.3, -0.25) is 4.79 Å². The Labute approximate surface area is 187 Å². The fourth-order valence-electron chi connectivity index (χ4n) is 4.36. The van der Waals surface area contributed by atoms with Crippen molar-refractivity contribution in [2.45, 2.75) is 19.4 Å². The second-order valence-electron chi connectivity index (χ2n) is 8.32. The van der Waals surface area contributed by atoms with Crippen molar-refractivity contribution in [3.05, 3.63) is 95.8 Å². The number of aromatic nitrogens is 2. The number of likely N-dealkylation sites (tertiary alicyclic amines) is 1. The first-order chi connectivity index (χ1) is 15.5. The number of benzene rings is 3. The SMILES string of the molecule is C=C1CC(c2nc3ccc(OC)cc3[nH]2)N(C(=O)c2ccccc2-c2ccc(C)cc2)C1. The third-order valence-electron chi connectivity index (χ3n) is 6.06. The molecule has 1 unspecified atom stereocenters. The Kier molecular flexibility index (Phi) is 5.02. The summed E-state index contributed by atoms with van der Waals surface area (Å²) in [6.45, 7) is 6.75. The molecule has 1 amide bonds. The molecule has 0 saturated carbocycles. The van der Waals surface area contributed by atoms with Gasteiger partial charge in [-0.2, -0.15) is 0 Å². The van der Waals surface area contributed by atoms with E-state index in [4.69, 9.17) is 9.72 Å². The highest BCUT2D eigenvalue weighted by Gasteiger charge is 2.35. The van der Waals surface area contributed by atoms with E-state index in [0.29, 0.717) is 18.5 Å². The van der Waals surface area contributed by atoms with Crippen LogP contribution in [0.25, 0.3) is 22.2 Å². The number of carbonyl (C=O) groups excluding carboxylic acids is 1. The molecule has 1 fully saturated rings. The summed E-state index contributed by atoms with van der Waals surface area (Å²) in [5.41, 5.74) is 6.61. The second kappa shape index (κ2) is 8.00. The van der Waals surface area contributed by atoms with Gasteiger partial charge in [-0.05, 0) is 42.7 Å². The van der Waals surface area contributed by atoms with Gasteiger partial charge in [0.1, 0.15) is 11.6 Å². The normalized spacial score (nSPS) is 16.0. The lowest BCUT2D eigenvalue weighted by Gasteiger charge is -2.24. The molecule has 3 aromatic carbocycles. The average molecular weight is 424 g/mol. The van der Waals surface area contributed by atoms with Crippen LogP contribution in [-0.2, 0) is 0 Å². The van der Waals surface area contributed by atoms with Crippen LogP contribution < -0.4 is 4.74 Å². The van der Waals surface area contributed by atoms with E-state index in [1.54, 1.807) is 7.11 Å². The third kappa shape index (κ3) is 3.56. The van der Waals surface area contributed by atoms with Crippen molar-refractivity contribution in [3.63, 3.8) is 0 Å². The van der Waals surface area contributed by atoms with E-state index in [1.807, 2.05) is 47.4 Å². The predicted octanol–water partition coefficient (Wildman–Crippen LogP) is 5.69. The smallest absolute Gasteiger partial charge is 0.255 e. The van der Waals surface area contributed by atoms with Crippen molar-refractivity contribution in [2.75, 3.05) is 13.7 Å². The quantitative estimate of drug-likeness (QED) is 0.429. The largest absolute Gasteiger partial charge is 0.497 e. The lowest BCUT2D eigenvalue weighted by molar-refractivity contribution is 0.0734. The summed E-state index contributed by atoms with van der Waals surface area (Å²) in [6, 6.07) is 21.6. The van der Waals surface area contributed by atoms with E-state index in [-0.39, 0.29) is 11.9 Å². The first-order valence-electron chi connectivity index (χ1n) is 10.7. The maximum absolute atomic E-state index is 13.8. The predicted molar refractivity (Wildman–Crippen MR) is 127 cm³/mol. The first kappa shape index (κ1) is 20.1. The minimum atomic E-state index is -0.181. The maximum atomic E-state index is 13.8. The summed E-state index contributed by atoms with van der Waals surface area (Å²) < 4.78 is 5.33. The van der Waals surface area contributed by atoms with Crippen LogP contribution in [0.1, 0.15) is 34.2 Å². The number of ether oxygens (including phenoxy) is 1. The maximum Gasteiger partial charge on any atom is 0.255 e. The summed E-state index contributed by atoms with van der Waals surface area (Å²) in [5.74, 6) is 1.53. The highest BCUT2D eigenvalue weighted by atomic mass is 16.5. The molecule has 2 heterocycles. The summed E-state index contributed by atoms with van der Waals surface area (Å²) in [6.07, 6.45) is 0.690. The van der Waals surface area contributed by atoms with Gasteiger partial charge in [-0.1, -0.05) is 60.2 Å². The topological polar surface area (TPSA) is 58.2 Å². The monoisotopic (exact) mass is 423 g/mol. The van der Waals surface area contributed by atoms with E-state index >= 15 is 0 Å². The van der Waals surface area contributed by atoms with Crippen LogP contribution in [0.15, 0.2) is 78.9 Å². The Morgan fingerprint density at radius 1 is 1.12 bits per heavy atom. The van der Waals surface area contributed by atoms with Crippen molar-refractivity contribution < 1.29 is 9.53 Å². The van der Waals surface area contributed by atoms with Gasteiger partial charge in [0.05, 0.1) is 24.2 Å². The highest BCUT2D eigenvalue weighted by Crippen LogP contribution is 2.37. The number of carbonyl (C=O) groups is 1. The van der Waals surface area contributed by atoms with Crippen LogP contribution in [0.3, 0.4) is 0 Å². The second-order valence-corrected chi connectivity index (χ2v) is 8.32. The molecule has 0 radical (unpaired) electrons. The van der Waals surface area contributed by atoms with Gasteiger partial charge in [0, 0.05) is 18.2 Å². The van der Waals surface area contributed by atoms with E-state index in [9.17, 15) is 4.79 Å². The van der Waals surface area contributed by atoms with Crippen LogP contribution >= 0.6 is 0 Å². The van der Waals surface area contributed by atoms with Crippen LogP contribution in [-0.4, -0.2) is 34.4 Å². The molecule has 1 aromatic heterocycles. The number of H-pyrrole nitrogens is 1. The molecule has 5 heteroatoms. The third-order valence-corrected chi connectivity index (χ3v) is 6.06. The summed E-state index contributed by atoms with van der Waals surface area (Å²) in [5, 5.41) is 0. The molecule has 4 aromatic rings. The first-order valence-corrected chi connectivity index (χ1v) is 10.7. The van der Waals surface area contributed by atoms with Gasteiger partial charge in [-0.25, -0.2) is 4.98 Å². The van der Waals surface area contributed by atoms with Gasteiger partial charge < -0.3 is 14.6 Å². The number of nitrogens with zero attached hydrogens (tertiary/aromatic N) is 2. The highest BCUT2D eigenvalue weighted by molar-refractivity contribution is 6.01. The fourth-order valence-corrected chi connectivity index (χ4v) is 4.36. The van der Waals surface area contributed by atoms with E-state index in [1.165, 1.54) is 5.56 Å². The van der Waals surface area contributed by atoms with Crippen molar-refractivity contribution in [3.8, 4) is 16.9 Å². The number of imidazole rings is 1. The standard InChI is InChI=1S/C27H25N3O2/c1-17-8-10-19(11-9-17)21-6-4-5-7-22(21)27(31)30-16-18(2)14-25(30)26-28-23-13-12-20(32-3)15-24(23)29-26/h4-13,15,25H,2,14,16H2,1,3H3,(H,28,29). The molecule has 0 spiro atoms. The molecule has 160 valence electrons. The zero-order chi connectivity index (χ0) is 22.2. The Morgan fingerprint density at radius 2 is 1.91 bits per heavy atom. The Morgan fingerprint density at radius 3 is 2.69 bits per heavy atom. The number of hydrogen-bond acceptors (Lipinski definition) is 3. The summed E-state index contributed by atoms with van der Waals surface area (Å²) in [4.78, 5) is 23.8. The molecule has 1 saturated heterocycles. The molecule has 0 bridgehead atoms. The Balaban J connectivity index is 1.52. The van der Waals surface area contributed by atoms with E-state index in [0.717, 1.165) is 39.3 Å². The molecular formula is C27H25N3O2. The minimum absolute atomic E-state index is 0.0112. The summed E-state index contributed by atoms with van der Waals surface area (Å²) >= 11 is 0. The summed E-state index contributed by atoms with van der Waals surface area (Å²) in [7, 11) is 1.64. The molecule has 32 heavy (non-hydrogen) atoms. The number of fused-ring (bicyclic) bond motifs is 1. The van der Waals surface area contributed by atoms with Gasteiger partial charge in [0.25, 0.3) is 5.91 Å². The number of rotatable bonds is 4. The van der Waals surface area contributed by atoms with Crippen molar-refractivity contribution >= 4 is 16.9 Å². The molecular weight excluding hydrogens is 398 g/mol. The lowest BCUT2D eigenvalue weighted by Crippen LogP contribution is -2.31. The van der Waals surface area contributed by atoms with Crippen molar-refractivity contribution in [1.82, 2.24) is 14.9 Å². The molecule has 1 aliphatic rings. The Bertz CT molecular complexity index is 1320. The van der Waals surface area contributed by atoms with E-state index in [2.05, 4.69) is 42.8 Å². The van der Waals surface area contributed by atoms with Crippen LogP contribution in [0.4, 0.5) is 0 Å². The van der Waals surface area contributed by atoms with Gasteiger partial charge in [0.15, 0.2) is 0 Å². The van der Waals surface area contributed by atoms with Crippen LogP contribution in [0.2, 0.25) is 0 Å². The lowest BCUT2D eigenvalue weighted by atomic mass is 9.98. The fraction of sp³-hybridized carbons (Fsp3) is 0.185. The number of hydrogen-bond donors (Lipinski definition) is 1. The van der Waals surface area contributed by atoms with Crippen molar-refractivity contribution in [2.24, 2.45) is 0 Å². The number of amides is 1.